The highest BCUT2D eigenvalue weighted by Crippen LogP contribution is 2.25. The summed E-state index contributed by atoms with van der Waals surface area (Å²) in [6.45, 7) is 6.04. The number of rotatable bonds is 2. The Labute approximate surface area is 160 Å². The average molecular weight is 365 g/mol. The van der Waals surface area contributed by atoms with Crippen molar-refractivity contribution in [3.05, 3.63) is 94.8 Å². The first kappa shape index (κ1) is 19.8. The molecule has 2 heteroatoms. The summed E-state index contributed by atoms with van der Waals surface area (Å²) in [6, 6.07) is 21.1. The molecule has 0 radical (unpaired) electrons. The van der Waals surface area contributed by atoms with Gasteiger partial charge in [-0.25, -0.2) is 4.39 Å². The lowest BCUT2D eigenvalue weighted by Gasteiger charge is -2.07. The zero-order valence-electron chi connectivity index (χ0n) is 15.3. The Kier molecular flexibility index (Phi) is 7.45. The van der Waals surface area contributed by atoms with Crippen molar-refractivity contribution in [3.63, 3.8) is 0 Å². The van der Waals surface area contributed by atoms with E-state index in [2.05, 4.69) is 30.0 Å². The predicted octanol–water partition coefficient (Wildman–Crippen LogP) is 6.97. The minimum atomic E-state index is -0.336. The van der Waals surface area contributed by atoms with Gasteiger partial charge in [0, 0.05) is 11.4 Å². The van der Waals surface area contributed by atoms with Gasteiger partial charge < -0.3 is 0 Å². The Morgan fingerprint density at radius 1 is 0.846 bits per heavy atom. The molecule has 0 aliphatic rings. The SMILES string of the molecule is CC.Cc1c(C#Cc2ccc(CCl)cc2F)cccc1-c1ccccc1. The topological polar surface area (TPSA) is 0 Å². The number of hydrogen-bond acceptors (Lipinski definition) is 0. The molecule has 26 heavy (non-hydrogen) atoms. The van der Waals surface area contributed by atoms with E-state index < -0.39 is 0 Å². The fourth-order valence-electron chi connectivity index (χ4n) is 2.58. The van der Waals surface area contributed by atoms with Crippen LogP contribution in [0.2, 0.25) is 0 Å². The third kappa shape index (κ3) is 4.75. The van der Waals surface area contributed by atoms with Crippen molar-refractivity contribution in [2.45, 2.75) is 26.7 Å². The van der Waals surface area contributed by atoms with Crippen LogP contribution in [0, 0.1) is 24.6 Å². The number of benzene rings is 3. The van der Waals surface area contributed by atoms with Crippen LogP contribution in [-0.2, 0) is 5.88 Å². The lowest BCUT2D eigenvalue weighted by atomic mass is 9.96. The van der Waals surface area contributed by atoms with Gasteiger partial charge in [-0.1, -0.05) is 74.2 Å². The van der Waals surface area contributed by atoms with Crippen molar-refractivity contribution in [2.75, 3.05) is 0 Å². The van der Waals surface area contributed by atoms with Gasteiger partial charge in [0.05, 0.1) is 5.56 Å². The summed E-state index contributed by atoms with van der Waals surface area (Å²) < 4.78 is 14.0. The van der Waals surface area contributed by atoms with Crippen LogP contribution in [0.15, 0.2) is 66.7 Å². The maximum atomic E-state index is 14.0. The van der Waals surface area contributed by atoms with Crippen molar-refractivity contribution in [1.29, 1.82) is 0 Å². The van der Waals surface area contributed by atoms with Gasteiger partial charge in [-0.2, -0.15) is 0 Å². The highest BCUT2D eigenvalue weighted by molar-refractivity contribution is 6.17. The fourth-order valence-corrected chi connectivity index (χ4v) is 2.75. The van der Waals surface area contributed by atoms with E-state index in [1.807, 2.05) is 51.1 Å². The molecule has 0 saturated carbocycles. The third-order valence-corrected chi connectivity index (χ3v) is 4.25. The normalized spacial score (nSPS) is 9.58. The van der Waals surface area contributed by atoms with Gasteiger partial charge in [-0.05, 0) is 47.4 Å². The van der Waals surface area contributed by atoms with Gasteiger partial charge in [0.15, 0.2) is 0 Å². The fraction of sp³-hybridized carbons (Fsp3) is 0.167. The Morgan fingerprint density at radius 3 is 2.19 bits per heavy atom. The number of hydrogen-bond donors (Lipinski definition) is 0. The number of alkyl halides is 1. The molecule has 0 saturated heterocycles. The van der Waals surface area contributed by atoms with Crippen LogP contribution in [0.3, 0.4) is 0 Å². The van der Waals surface area contributed by atoms with Gasteiger partial charge in [-0.15, -0.1) is 11.6 Å². The van der Waals surface area contributed by atoms with E-state index in [-0.39, 0.29) is 5.82 Å². The molecule has 0 unspecified atom stereocenters. The van der Waals surface area contributed by atoms with E-state index in [0.29, 0.717) is 11.4 Å². The van der Waals surface area contributed by atoms with Crippen molar-refractivity contribution in [3.8, 4) is 23.0 Å². The molecule has 132 valence electrons. The van der Waals surface area contributed by atoms with Crippen LogP contribution in [0.1, 0.15) is 36.1 Å². The Bertz CT molecular complexity index is 918. The molecule has 0 fully saturated rings. The summed E-state index contributed by atoms with van der Waals surface area (Å²) >= 11 is 5.72. The smallest absolute Gasteiger partial charge is 0.139 e. The third-order valence-electron chi connectivity index (χ3n) is 3.94. The van der Waals surface area contributed by atoms with E-state index in [0.717, 1.165) is 27.8 Å². The summed E-state index contributed by atoms with van der Waals surface area (Å²) in [5, 5.41) is 0. The van der Waals surface area contributed by atoms with Crippen molar-refractivity contribution >= 4 is 11.6 Å². The van der Waals surface area contributed by atoms with E-state index >= 15 is 0 Å². The first-order chi connectivity index (χ1) is 12.7. The van der Waals surface area contributed by atoms with Gasteiger partial charge in [0.1, 0.15) is 5.82 Å². The van der Waals surface area contributed by atoms with Crippen LogP contribution in [0.4, 0.5) is 4.39 Å². The summed E-state index contributed by atoms with van der Waals surface area (Å²) in [6.07, 6.45) is 0. The van der Waals surface area contributed by atoms with Gasteiger partial charge in [-0.3, -0.25) is 0 Å². The highest BCUT2D eigenvalue weighted by Gasteiger charge is 2.05. The van der Waals surface area contributed by atoms with Crippen molar-refractivity contribution in [2.24, 2.45) is 0 Å². The summed E-state index contributed by atoms with van der Waals surface area (Å²) in [5.74, 6) is 5.99. The van der Waals surface area contributed by atoms with Gasteiger partial charge in [0.2, 0.25) is 0 Å². The molecule has 0 aromatic heterocycles. The molecule has 0 amide bonds. The van der Waals surface area contributed by atoms with E-state index in [1.54, 1.807) is 12.1 Å². The first-order valence-electron chi connectivity index (χ1n) is 8.70. The molecule has 0 bridgehead atoms. The quantitative estimate of drug-likeness (QED) is 0.340. The molecule has 0 N–H and O–H groups in total. The molecule has 0 spiro atoms. The zero-order chi connectivity index (χ0) is 18.9. The summed E-state index contributed by atoms with van der Waals surface area (Å²) in [4.78, 5) is 0. The van der Waals surface area contributed by atoms with Gasteiger partial charge >= 0.3 is 0 Å². The van der Waals surface area contributed by atoms with Crippen LogP contribution in [-0.4, -0.2) is 0 Å². The largest absolute Gasteiger partial charge is 0.206 e. The molecular formula is C24H22ClF. The first-order valence-corrected chi connectivity index (χ1v) is 9.24. The zero-order valence-corrected chi connectivity index (χ0v) is 16.1. The second-order valence-electron chi connectivity index (χ2n) is 5.54. The summed E-state index contributed by atoms with van der Waals surface area (Å²) in [7, 11) is 0. The maximum Gasteiger partial charge on any atom is 0.139 e. The second-order valence-corrected chi connectivity index (χ2v) is 5.81. The lowest BCUT2D eigenvalue weighted by molar-refractivity contribution is 0.623. The Morgan fingerprint density at radius 2 is 1.54 bits per heavy atom. The van der Waals surface area contributed by atoms with Crippen LogP contribution < -0.4 is 0 Å². The standard InChI is InChI=1S/C22H16ClF.C2H6/c1-16-18(8-5-9-21(16)19-6-3-2-4-7-19)12-13-20-11-10-17(15-23)14-22(20)24;1-2/h2-11,14H,15H2,1H3;1-2H3. The van der Waals surface area contributed by atoms with E-state index in [4.69, 9.17) is 11.6 Å². The molecule has 0 aliphatic carbocycles. The minimum Gasteiger partial charge on any atom is -0.206 e. The van der Waals surface area contributed by atoms with E-state index in [9.17, 15) is 4.39 Å². The minimum absolute atomic E-state index is 0.295. The second kappa shape index (κ2) is 9.80. The molecular weight excluding hydrogens is 343 g/mol. The number of halogens is 2. The molecule has 0 aliphatic heterocycles. The van der Waals surface area contributed by atoms with Gasteiger partial charge in [0.25, 0.3) is 0 Å². The molecule has 0 nitrogen and oxygen atoms in total. The lowest BCUT2D eigenvalue weighted by Crippen LogP contribution is -1.89. The Balaban J connectivity index is 0.00000117. The molecule has 0 heterocycles. The highest BCUT2D eigenvalue weighted by atomic mass is 35.5. The van der Waals surface area contributed by atoms with Crippen LogP contribution in [0.25, 0.3) is 11.1 Å². The van der Waals surface area contributed by atoms with Crippen molar-refractivity contribution in [1.82, 2.24) is 0 Å². The predicted molar refractivity (Wildman–Crippen MR) is 110 cm³/mol. The van der Waals surface area contributed by atoms with E-state index in [1.165, 1.54) is 6.07 Å². The maximum absolute atomic E-state index is 14.0. The average Bonchev–Trinajstić information content (AvgIpc) is 2.70. The monoisotopic (exact) mass is 364 g/mol. The molecule has 3 aromatic carbocycles. The molecule has 3 rings (SSSR count). The molecule has 3 aromatic rings. The summed E-state index contributed by atoms with van der Waals surface area (Å²) in [5.41, 5.74) is 5.41. The van der Waals surface area contributed by atoms with Crippen LogP contribution in [0.5, 0.6) is 0 Å². The Hall–Kier alpha value is -2.56. The van der Waals surface area contributed by atoms with Crippen molar-refractivity contribution < 1.29 is 4.39 Å². The van der Waals surface area contributed by atoms with Crippen LogP contribution >= 0.6 is 11.6 Å². The molecule has 0 atom stereocenters.